The maximum atomic E-state index is 11.6. The van der Waals surface area contributed by atoms with Crippen molar-refractivity contribution in [2.24, 2.45) is 0 Å². The molecule has 0 radical (unpaired) electrons. The minimum absolute atomic E-state index is 0.159. The molecule has 0 bridgehead atoms. The van der Waals surface area contributed by atoms with Crippen LogP contribution in [0.5, 0.6) is 5.75 Å². The van der Waals surface area contributed by atoms with Crippen LogP contribution in [0.2, 0.25) is 0 Å². The average Bonchev–Trinajstić information content (AvgIpc) is 2.20. The Balaban J connectivity index is 2.38. The van der Waals surface area contributed by atoms with E-state index in [4.69, 9.17) is 10.00 Å². The molecule has 2 rings (SSSR count). The third-order valence-corrected chi connectivity index (χ3v) is 2.49. The zero-order valence-corrected chi connectivity index (χ0v) is 9.20. The molecule has 1 N–H and O–H groups in total. The first-order chi connectivity index (χ1) is 7.53. The highest BCUT2D eigenvalue weighted by Gasteiger charge is 2.35. The molecular formula is C12H12N2O2. The Kier molecular flexibility index (Phi) is 2.31. The van der Waals surface area contributed by atoms with E-state index in [2.05, 4.69) is 11.4 Å². The summed E-state index contributed by atoms with van der Waals surface area (Å²) in [5.41, 5.74) is 0.678. The molecular weight excluding hydrogens is 204 g/mol. The van der Waals surface area contributed by atoms with Crippen molar-refractivity contribution in [2.45, 2.75) is 25.9 Å². The second-order valence-electron chi connectivity index (χ2n) is 4.23. The Labute approximate surface area is 93.8 Å². The number of nitrogens with one attached hydrogen (secondary N) is 1. The molecule has 0 aromatic heterocycles. The van der Waals surface area contributed by atoms with Crippen molar-refractivity contribution in [1.82, 2.24) is 0 Å². The van der Waals surface area contributed by atoms with Crippen LogP contribution in [-0.4, -0.2) is 11.5 Å². The summed E-state index contributed by atoms with van der Waals surface area (Å²) < 4.78 is 5.60. The Bertz CT molecular complexity index is 486. The maximum absolute atomic E-state index is 11.6. The topological polar surface area (TPSA) is 62.1 Å². The van der Waals surface area contributed by atoms with Gasteiger partial charge in [-0.2, -0.15) is 5.26 Å². The van der Waals surface area contributed by atoms with Gasteiger partial charge >= 0.3 is 0 Å². The van der Waals surface area contributed by atoms with Gasteiger partial charge in [-0.25, -0.2) is 0 Å². The van der Waals surface area contributed by atoms with Gasteiger partial charge in [-0.15, -0.1) is 0 Å². The number of nitrogens with zero attached hydrogens (tertiary/aromatic N) is 1. The lowest BCUT2D eigenvalue weighted by molar-refractivity contribution is -0.129. The Morgan fingerprint density at radius 2 is 2.25 bits per heavy atom. The van der Waals surface area contributed by atoms with Gasteiger partial charge in [-0.05, 0) is 31.5 Å². The van der Waals surface area contributed by atoms with Crippen LogP contribution in [0.25, 0.3) is 0 Å². The van der Waals surface area contributed by atoms with Crippen LogP contribution in [-0.2, 0) is 11.2 Å². The van der Waals surface area contributed by atoms with E-state index in [1.54, 1.807) is 26.0 Å². The lowest BCUT2D eigenvalue weighted by Gasteiger charge is -2.31. The van der Waals surface area contributed by atoms with Crippen LogP contribution in [0.1, 0.15) is 19.4 Å². The summed E-state index contributed by atoms with van der Waals surface area (Å²) in [6.45, 7) is 3.42. The van der Waals surface area contributed by atoms with Gasteiger partial charge in [0, 0.05) is 0 Å². The van der Waals surface area contributed by atoms with E-state index in [0.29, 0.717) is 17.9 Å². The Morgan fingerprint density at radius 3 is 2.94 bits per heavy atom. The van der Waals surface area contributed by atoms with E-state index in [-0.39, 0.29) is 5.91 Å². The van der Waals surface area contributed by atoms with Crippen molar-refractivity contribution in [2.75, 3.05) is 5.32 Å². The lowest BCUT2D eigenvalue weighted by Crippen LogP contribution is -2.45. The highest BCUT2D eigenvalue weighted by Crippen LogP contribution is 2.34. The predicted octanol–water partition coefficient (Wildman–Crippen LogP) is 1.86. The van der Waals surface area contributed by atoms with Crippen LogP contribution in [0.3, 0.4) is 0 Å². The van der Waals surface area contributed by atoms with E-state index in [1.165, 1.54) is 0 Å². The van der Waals surface area contributed by atoms with Crippen molar-refractivity contribution in [3.63, 3.8) is 0 Å². The SMILES string of the molecule is CC1(C)Oc2cc(CC#N)ccc2NC1=O. The summed E-state index contributed by atoms with van der Waals surface area (Å²) in [7, 11) is 0. The zero-order chi connectivity index (χ0) is 11.8. The van der Waals surface area contributed by atoms with Gasteiger partial charge in [0.15, 0.2) is 5.60 Å². The summed E-state index contributed by atoms with van der Waals surface area (Å²) in [5.74, 6) is 0.463. The van der Waals surface area contributed by atoms with E-state index in [0.717, 1.165) is 5.56 Å². The maximum Gasteiger partial charge on any atom is 0.268 e. The molecule has 4 nitrogen and oxygen atoms in total. The minimum Gasteiger partial charge on any atom is -0.476 e. The summed E-state index contributed by atoms with van der Waals surface area (Å²) in [6.07, 6.45) is 0.338. The molecule has 0 atom stereocenters. The fourth-order valence-corrected chi connectivity index (χ4v) is 1.55. The molecule has 0 saturated heterocycles. The number of ether oxygens (including phenoxy) is 1. The molecule has 4 heteroatoms. The largest absolute Gasteiger partial charge is 0.476 e. The number of hydrogen-bond donors (Lipinski definition) is 1. The van der Waals surface area contributed by atoms with Gasteiger partial charge in [0.2, 0.25) is 0 Å². The third kappa shape index (κ3) is 1.72. The van der Waals surface area contributed by atoms with E-state index < -0.39 is 5.60 Å². The number of fused-ring (bicyclic) bond motifs is 1. The van der Waals surface area contributed by atoms with Crippen molar-refractivity contribution < 1.29 is 9.53 Å². The van der Waals surface area contributed by atoms with Gasteiger partial charge in [0.1, 0.15) is 5.75 Å². The second-order valence-corrected chi connectivity index (χ2v) is 4.23. The third-order valence-electron chi connectivity index (χ3n) is 2.49. The number of hydrogen-bond acceptors (Lipinski definition) is 3. The highest BCUT2D eigenvalue weighted by molar-refractivity contribution is 6.00. The predicted molar refractivity (Wildman–Crippen MR) is 59.1 cm³/mol. The van der Waals surface area contributed by atoms with Crippen LogP contribution in [0.4, 0.5) is 5.69 Å². The fourth-order valence-electron chi connectivity index (χ4n) is 1.55. The molecule has 1 aromatic rings. The van der Waals surface area contributed by atoms with E-state index in [1.807, 2.05) is 6.07 Å². The van der Waals surface area contributed by atoms with Crippen LogP contribution < -0.4 is 10.1 Å². The summed E-state index contributed by atoms with van der Waals surface area (Å²) in [6, 6.07) is 7.44. The molecule has 1 aromatic carbocycles. The minimum atomic E-state index is -0.863. The molecule has 0 fully saturated rings. The smallest absolute Gasteiger partial charge is 0.268 e. The molecule has 1 aliphatic rings. The highest BCUT2D eigenvalue weighted by atomic mass is 16.5. The first kappa shape index (κ1) is 10.5. The van der Waals surface area contributed by atoms with Gasteiger partial charge in [0.25, 0.3) is 5.91 Å². The molecule has 1 aliphatic heterocycles. The van der Waals surface area contributed by atoms with E-state index in [9.17, 15) is 4.79 Å². The molecule has 1 amide bonds. The number of benzene rings is 1. The van der Waals surface area contributed by atoms with Crippen LogP contribution in [0, 0.1) is 11.3 Å². The standard InChI is InChI=1S/C12H12N2O2/c1-12(2)11(15)14-9-4-3-8(5-6-13)7-10(9)16-12/h3-4,7H,5H2,1-2H3,(H,14,15). The Morgan fingerprint density at radius 1 is 1.50 bits per heavy atom. The molecule has 82 valence electrons. The molecule has 0 saturated carbocycles. The lowest BCUT2D eigenvalue weighted by atomic mass is 10.0. The Hall–Kier alpha value is -2.02. The van der Waals surface area contributed by atoms with Crippen molar-refractivity contribution >= 4 is 11.6 Å². The van der Waals surface area contributed by atoms with Crippen molar-refractivity contribution in [3.05, 3.63) is 23.8 Å². The van der Waals surface area contributed by atoms with Crippen molar-refractivity contribution in [1.29, 1.82) is 5.26 Å². The number of anilines is 1. The molecule has 1 heterocycles. The van der Waals surface area contributed by atoms with Crippen LogP contribution >= 0.6 is 0 Å². The average molecular weight is 216 g/mol. The van der Waals surface area contributed by atoms with Gasteiger partial charge in [-0.1, -0.05) is 6.07 Å². The van der Waals surface area contributed by atoms with Crippen LogP contribution in [0.15, 0.2) is 18.2 Å². The fraction of sp³-hybridized carbons (Fsp3) is 0.333. The summed E-state index contributed by atoms with van der Waals surface area (Å²) >= 11 is 0. The van der Waals surface area contributed by atoms with Gasteiger partial charge in [-0.3, -0.25) is 4.79 Å². The summed E-state index contributed by atoms with van der Waals surface area (Å²) in [5, 5.41) is 11.4. The number of carbonyl (C=O) groups is 1. The first-order valence-corrected chi connectivity index (χ1v) is 5.03. The molecule has 0 unspecified atom stereocenters. The number of nitriles is 1. The van der Waals surface area contributed by atoms with Gasteiger partial charge < -0.3 is 10.1 Å². The quantitative estimate of drug-likeness (QED) is 0.779. The number of rotatable bonds is 1. The van der Waals surface area contributed by atoms with Crippen molar-refractivity contribution in [3.8, 4) is 11.8 Å². The van der Waals surface area contributed by atoms with Gasteiger partial charge in [0.05, 0.1) is 18.2 Å². The number of amides is 1. The second kappa shape index (κ2) is 3.53. The summed E-state index contributed by atoms with van der Waals surface area (Å²) in [4.78, 5) is 11.6. The first-order valence-electron chi connectivity index (χ1n) is 5.03. The number of carbonyl (C=O) groups excluding carboxylic acids is 1. The normalized spacial score (nSPS) is 16.7. The molecule has 0 aliphatic carbocycles. The molecule has 0 spiro atoms. The zero-order valence-electron chi connectivity index (χ0n) is 9.20. The monoisotopic (exact) mass is 216 g/mol. The van der Waals surface area contributed by atoms with E-state index >= 15 is 0 Å². The molecule has 16 heavy (non-hydrogen) atoms.